The molecule has 0 bridgehead atoms. The maximum atomic E-state index is 12.3. The highest BCUT2D eigenvalue weighted by Gasteiger charge is 2.24. The van der Waals surface area contributed by atoms with Crippen LogP contribution in [0, 0.1) is 17.2 Å². The lowest BCUT2D eigenvalue weighted by Crippen LogP contribution is -2.41. The molecular formula is C17H19BrN2O. The number of nitrogens with one attached hydrogen (secondary N) is 1. The van der Waals surface area contributed by atoms with Crippen LogP contribution in [-0.2, 0) is 4.79 Å². The molecule has 0 aromatic heterocycles. The molecule has 1 aliphatic carbocycles. The standard InChI is InChI=1S/C17H19BrN2O/c1-12-6-2-5-9-16(12)20-17(21)14(11-19)10-13-7-3-4-8-15(13)18/h3-4,7-8,10,12,16H,2,5-6,9H2,1H3,(H,20,21)/b14-10+/t12-,16-/m1/s1. The number of carbonyl (C=O) groups is 1. The van der Waals surface area contributed by atoms with E-state index < -0.39 is 0 Å². The molecule has 21 heavy (non-hydrogen) atoms. The number of hydrogen-bond acceptors (Lipinski definition) is 2. The van der Waals surface area contributed by atoms with Crippen LogP contribution in [0.4, 0.5) is 0 Å². The van der Waals surface area contributed by atoms with Crippen LogP contribution in [0.25, 0.3) is 6.08 Å². The Bertz CT molecular complexity index is 589. The highest BCUT2D eigenvalue weighted by molar-refractivity contribution is 9.10. The zero-order valence-corrected chi connectivity index (χ0v) is 13.7. The number of carbonyl (C=O) groups excluding carboxylic acids is 1. The van der Waals surface area contributed by atoms with E-state index in [0.717, 1.165) is 29.3 Å². The van der Waals surface area contributed by atoms with Crippen molar-refractivity contribution in [3.8, 4) is 6.07 Å². The van der Waals surface area contributed by atoms with Crippen molar-refractivity contribution in [2.75, 3.05) is 0 Å². The summed E-state index contributed by atoms with van der Waals surface area (Å²) < 4.78 is 0.872. The normalized spacial score (nSPS) is 22.4. The van der Waals surface area contributed by atoms with Gasteiger partial charge in [0.05, 0.1) is 0 Å². The van der Waals surface area contributed by atoms with E-state index in [9.17, 15) is 10.1 Å². The molecule has 1 saturated carbocycles. The summed E-state index contributed by atoms with van der Waals surface area (Å²) in [6.45, 7) is 2.16. The number of amides is 1. The topological polar surface area (TPSA) is 52.9 Å². The number of nitriles is 1. The molecule has 0 radical (unpaired) electrons. The summed E-state index contributed by atoms with van der Waals surface area (Å²) in [7, 11) is 0. The Balaban J connectivity index is 2.12. The van der Waals surface area contributed by atoms with Gasteiger partial charge in [-0.25, -0.2) is 0 Å². The fraction of sp³-hybridized carbons (Fsp3) is 0.412. The zero-order valence-electron chi connectivity index (χ0n) is 12.1. The molecule has 0 heterocycles. The van der Waals surface area contributed by atoms with Crippen molar-refractivity contribution in [1.82, 2.24) is 5.32 Å². The van der Waals surface area contributed by atoms with Gasteiger partial charge in [-0.05, 0) is 36.5 Å². The van der Waals surface area contributed by atoms with Crippen molar-refractivity contribution >= 4 is 27.9 Å². The summed E-state index contributed by atoms with van der Waals surface area (Å²) in [5.41, 5.74) is 0.987. The second-order valence-electron chi connectivity index (χ2n) is 5.53. The molecule has 1 aliphatic rings. The summed E-state index contributed by atoms with van der Waals surface area (Å²) in [4.78, 5) is 12.3. The monoisotopic (exact) mass is 346 g/mol. The summed E-state index contributed by atoms with van der Waals surface area (Å²) in [5, 5.41) is 12.3. The molecule has 110 valence electrons. The molecule has 0 spiro atoms. The van der Waals surface area contributed by atoms with E-state index in [4.69, 9.17) is 0 Å². The third kappa shape index (κ3) is 4.18. The minimum absolute atomic E-state index is 0.152. The van der Waals surface area contributed by atoms with Gasteiger partial charge in [0.25, 0.3) is 5.91 Å². The highest BCUT2D eigenvalue weighted by Crippen LogP contribution is 2.24. The van der Waals surface area contributed by atoms with Gasteiger partial charge in [0.2, 0.25) is 0 Å². The first-order valence-electron chi connectivity index (χ1n) is 7.29. The second kappa shape index (κ2) is 7.42. The molecule has 2 atom stereocenters. The van der Waals surface area contributed by atoms with Crippen LogP contribution in [-0.4, -0.2) is 11.9 Å². The van der Waals surface area contributed by atoms with Gasteiger partial charge in [-0.2, -0.15) is 5.26 Å². The maximum absolute atomic E-state index is 12.3. The smallest absolute Gasteiger partial charge is 0.262 e. The summed E-state index contributed by atoms with van der Waals surface area (Å²) in [6.07, 6.45) is 6.14. The molecule has 1 fully saturated rings. The van der Waals surface area contributed by atoms with E-state index in [1.54, 1.807) is 6.08 Å². The van der Waals surface area contributed by atoms with E-state index in [1.165, 1.54) is 6.42 Å². The molecule has 1 amide bonds. The second-order valence-corrected chi connectivity index (χ2v) is 6.39. The van der Waals surface area contributed by atoms with Gasteiger partial charge in [0.15, 0.2) is 0 Å². The first kappa shape index (κ1) is 15.8. The van der Waals surface area contributed by atoms with Crippen molar-refractivity contribution in [1.29, 1.82) is 5.26 Å². The predicted octanol–water partition coefficient (Wildman–Crippen LogP) is 4.05. The van der Waals surface area contributed by atoms with E-state index in [-0.39, 0.29) is 17.5 Å². The van der Waals surface area contributed by atoms with Crippen molar-refractivity contribution in [2.45, 2.75) is 38.6 Å². The minimum Gasteiger partial charge on any atom is -0.348 e. The minimum atomic E-state index is -0.271. The molecule has 1 aromatic rings. The van der Waals surface area contributed by atoms with Crippen LogP contribution in [0.2, 0.25) is 0 Å². The van der Waals surface area contributed by atoms with Gasteiger partial charge >= 0.3 is 0 Å². The SMILES string of the molecule is C[C@@H]1CCCC[C@H]1NC(=O)/C(C#N)=C/c1ccccc1Br. The Morgan fingerprint density at radius 2 is 2.10 bits per heavy atom. The van der Waals surface area contributed by atoms with Gasteiger partial charge in [-0.1, -0.05) is 53.9 Å². The largest absolute Gasteiger partial charge is 0.348 e. The van der Waals surface area contributed by atoms with E-state index in [1.807, 2.05) is 30.3 Å². The van der Waals surface area contributed by atoms with Gasteiger partial charge < -0.3 is 5.32 Å². The molecule has 2 rings (SSSR count). The van der Waals surface area contributed by atoms with Gasteiger partial charge in [0.1, 0.15) is 11.6 Å². The third-order valence-electron chi connectivity index (χ3n) is 4.00. The highest BCUT2D eigenvalue weighted by atomic mass is 79.9. The van der Waals surface area contributed by atoms with Crippen molar-refractivity contribution in [2.24, 2.45) is 5.92 Å². The van der Waals surface area contributed by atoms with E-state index >= 15 is 0 Å². The number of hydrogen-bond donors (Lipinski definition) is 1. The van der Waals surface area contributed by atoms with Crippen LogP contribution in [0.1, 0.15) is 38.2 Å². The number of rotatable bonds is 3. The van der Waals surface area contributed by atoms with Crippen LogP contribution < -0.4 is 5.32 Å². The molecule has 1 N–H and O–H groups in total. The van der Waals surface area contributed by atoms with Crippen molar-refractivity contribution < 1.29 is 4.79 Å². The number of nitrogens with zero attached hydrogens (tertiary/aromatic N) is 1. The number of benzene rings is 1. The first-order valence-corrected chi connectivity index (χ1v) is 8.08. The Kier molecular flexibility index (Phi) is 5.58. The Morgan fingerprint density at radius 1 is 1.38 bits per heavy atom. The molecule has 0 saturated heterocycles. The Labute approximate surface area is 134 Å². The van der Waals surface area contributed by atoms with Crippen molar-refractivity contribution in [3.63, 3.8) is 0 Å². The van der Waals surface area contributed by atoms with Crippen LogP contribution in [0.3, 0.4) is 0 Å². The lowest BCUT2D eigenvalue weighted by Gasteiger charge is -2.29. The number of halogens is 1. The maximum Gasteiger partial charge on any atom is 0.262 e. The lowest BCUT2D eigenvalue weighted by molar-refractivity contribution is -0.118. The molecule has 0 unspecified atom stereocenters. The average molecular weight is 347 g/mol. The van der Waals surface area contributed by atoms with Crippen LogP contribution >= 0.6 is 15.9 Å². The summed E-state index contributed by atoms with van der Waals surface area (Å²) in [5.74, 6) is 0.207. The Morgan fingerprint density at radius 3 is 2.76 bits per heavy atom. The molecule has 4 heteroatoms. The van der Waals surface area contributed by atoms with Crippen LogP contribution in [0.15, 0.2) is 34.3 Å². The summed E-state index contributed by atoms with van der Waals surface area (Å²) >= 11 is 3.43. The molecule has 3 nitrogen and oxygen atoms in total. The van der Waals surface area contributed by atoms with E-state index in [2.05, 4.69) is 28.2 Å². The van der Waals surface area contributed by atoms with Gasteiger partial charge in [-0.15, -0.1) is 0 Å². The summed E-state index contributed by atoms with van der Waals surface area (Å²) in [6, 6.07) is 9.74. The molecular weight excluding hydrogens is 328 g/mol. The predicted molar refractivity (Wildman–Crippen MR) is 87.3 cm³/mol. The third-order valence-corrected chi connectivity index (χ3v) is 4.72. The molecule has 0 aliphatic heterocycles. The quantitative estimate of drug-likeness (QED) is 0.662. The average Bonchev–Trinajstić information content (AvgIpc) is 2.48. The van der Waals surface area contributed by atoms with Crippen LogP contribution in [0.5, 0.6) is 0 Å². The lowest BCUT2D eigenvalue weighted by atomic mass is 9.86. The van der Waals surface area contributed by atoms with Gasteiger partial charge in [0, 0.05) is 10.5 Å². The zero-order chi connectivity index (χ0) is 15.2. The van der Waals surface area contributed by atoms with E-state index in [0.29, 0.717) is 5.92 Å². The Hall–Kier alpha value is -1.60. The van der Waals surface area contributed by atoms with Crippen molar-refractivity contribution in [3.05, 3.63) is 39.9 Å². The fourth-order valence-corrected chi connectivity index (χ4v) is 3.07. The first-order chi connectivity index (χ1) is 10.1. The van der Waals surface area contributed by atoms with Gasteiger partial charge in [-0.3, -0.25) is 4.79 Å². The molecule has 1 aromatic carbocycles. The fourth-order valence-electron chi connectivity index (χ4n) is 2.67.